The zero-order valence-corrected chi connectivity index (χ0v) is 22.3. The van der Waals surface area contributed by atoms with Crippen molar-refractivity contribution >= 4 is 62.5 Å². The molecule has 2 heterocycles. The highest BCUT2D eigenvalue weighted by Gasteiger charge is 2.34. The second-order valence-corrected chi connectivity index (χ2v) is 10.0. The van der Waals surface area contributed by atoms with Crippen LogP contribution in [0.2, 0.25) is 10.0 Å². The van der Waals surface area contributed by atoms with Crippen LogP contribution in [0.5, 0.6) is 5.75 Å². The number of allylic oxidation sites excluding steroid dienone is 1. The standard InChI is InChI=1S/C24H19BrCl2N2O4S/c1-4-33-23(31)19-12(2)28-24-29(20(19)15-7-5-6-8-17(15)27)22(30)18(34-24)10-13-9-14(26)11-16(25)21(13)32-3/h5-11,20H,4H2,1-3H3/b18-10-/t20-/m1/s1. The van der Waals surface area contributed by atoms with Crippen LogP contribution < -0.4 is 19.6 Å². The van der Waals surface area contributed by atoms with Crippen molar-refractivity contribution in [3.05, 3.63) is 93.0 Å². The fraction of sp³-hybridized carbons (Fsp3) is 0.208. The van der Waals surface area contributed by atoms with Crippen molar-refractivity contribution in [2.45, 2.75) is 19.9 Å². The molecule has 0 N–H and O–H groups in total. The molecule has 0 fully saturated rings. The Labute approximate surface area is 217 Å². The first-order chi connectivity index (χ1) is 16.3. The second kappa shape index (κ2) is 10.1. The molecule has 1 aliphatic heterocycles. The number of nitrogens with zero attached hydrogens (tertiary/aromatic N) is 2. The predicted octanol–water partition coefficient (Wildman–Crippen LogP) is 4.88. The van der Waals surface area contributed by atoms with E-state index >= 15 is 0 Å². The summed E-state index contributed by atoms with van der Waals surface area (Å²) in [6.07, 6.45) is 1.70. The van der Waals surface area contributed by atoms with Crippen LogP contribution in [-0.4, -0.2) is 24.3 Å². The van der Waals surface area contributed by atoms with Crippen LogP contribution in [0.3, 0.4) is 0 Å². The van der Waals surface area contributed by atoms with Gasteiger partial charge in [-0.25, -0.2) is 9.79 Å². The molecule has 10 heteroatoms. The number of carbonyl (C=O) groups excluding carboxylic acids is 1. The molecule has 0 aliphatic carbocycles. The molecule has 0 unspecified atom stereocenters. The van der Waals surface area contributed by atoms with Gasteiger partial charge in [0.1, 0.15) is 11.8 Å². The molecule has 1 atom stereocenters. The summed E-state index contributed by atoms with van der Waals surface area (Å²) in [5.41, 5.74) is 1.66. The number of methoxy groups -OCH3 is 1. The maximum atomic E-state index is 13.7. The van der Waals surface area contributed by atoms with Crippen LogP contribution in [0, 0.1) is 0 Å². The molecular weight excluding hydrogens is 563 g/mol. The molecule has 3 aromatic rings. The fourth-order valence-electron chi connectivity index (χ4n) is 3.83. The summed E-state index contributed by atoms with van der Waals surface area (Å²) >= 11 is 17.4. The van der Waals surface area contributed by atoms with Crippen LogP contribution in [0.25, 0.3) is 6.08 Å². The first-order valence-electron chi connectivity index (χ1n) is 10.2. The van der Waals surface area contributed by atoms with Crippen LogP contribution in [0.1, 0.15) is 31.0 Å². The van der Waals surface area contributed by atoms with Crippen molar-refractivity contribution in [3.8, 4) is 5.75 Å². The number of carbonyl (C=O) groups is 1. The Balaban J connectivity index is 2.01. The van der Waals surface area contributed by atoms with Crippen molar-refractivity contribution in [2.24, 2.45) is 4.99 Å². The zero-order valence-electron chi connectivity index (χ0n) is 18.4. The molecule has 0 bridgehead atoms. The first kappa shape index (κ1) is 24.7. The lowest BCUT2D eigenvalue weighted by atomic mass is 9.96. The van der Waals surface area contributed by atoms with E-state index in [2.05, 4.69) is 20.9 Å². The van der Waals surface area contributed by atoms with E-state index < -0.39 is 12.0 Å². The van der Waals surface area contributed by atoms with E-state index in [1.807, 2.05) is 6.07 Å². The Bertz CT molecular complexity index is 1510. The van der Waals surface area contributed by atoms with E-state index in [-0.39, 0.29) is 17.7 Å². The maximum Gasteiger partial charge on any atom is 0.338 e. The van der Waals surface area contributed by atoms with Gasteiger partial charge in [-0.05, 0) is 59.6 Å². The largest absolute Gasteiger partial charge is 0.495 e. The lowest BCUT2D eigenvalue weighted by Crippen LogP contribution is -2.40. The number of benzene rings is 2. The Morgan fingerprint density at radius 2 is 2.03 bits per heavy atom. The number of hydrogen-bond acceptors (Lipinski definition) is 6. The Morgan fingerprint density at radius 1 is 1.29 bits per heavy atom. The molecule has 0 radical (unpaired) electrons. The van der Waals surface area contributed by atoms with Gasteiger partial charge in [-0.3, -0.25) is 9.36 Å². The summed E-state index contributed by atoms with van der Waals surface area (Å²) in [5, 5.41) is 0.917. The third-order valence-electron chi connectivity index (χ3n) is 5.24. The van der Waals surface area contributed by atoms with Gasteiger partial charge in [-0.1, -0.05) is 52.7 Å². The summed E-state index contributed by atoms with van der Waals surface area (Å²) < 4.78 is 13.3. The average Bonchev–Trinajstić information content (AvgIpc) is 3.07. The number of esters is 1. The molecular formula is C24H19BrCl2N2O4S. The van der Waals surface area contributed by atoms with E-state index in [0.29, 0.717) is 46.4 Å². The van der Waals surface area contributed by atoms with Crippen molar-refractivity contribution in [3.63, 3.8) is 0 Å². The minimum Gasteiger partial charge on any atom is -0.495 e. The molecule has 4 rings (SSSR count). The van der Waals surface area contributed by atoms with Gasteiger partial charge in [0.25, 0.3) is 5.56 Å². The summed E-state index contributed by atoms with van der Waals surface area (Å²) in [4.78, 5) is 31.7. The highest BCUT2D eigenvalue weighted by molar-refractivity contribution is 9.10. The Hall–Kier alpha value is -2.39. The number of fused-ring (bicyclic) bond motifs is 1. The molecule has 6 nitrogen and oxygen atoms in total. The van der Waals surface area contributed by atoms with Crippen LogP contribution >= 0.6 is 50.5 Å². The van der Waals surface area contributed by atoms with Gasteiger partial charge < -0.3 is 9.47 Å². The SMILES string of the molecule is CCOC(=O)C1=C(C)N=c2s/c(=C\c3cc(Cl)cc(Br)c3OC)c(=O)n2[C@@H]1c1ccccc1Cl. The summed E-state index contributed by atoms with van der Waals surface area (Å²) in [7, 11) is 1.54. The minimum absolute atomic E-state index is 0.193. The van der Waals surface area contributed by atoms with Gasteiger partial charge in [-0.2, -0.15) is 0 Å². The quantitative estimate of drug-likeness (QED) is 0.403. The van der Waals surface area contributed by atoms with Crippen molar-refractivity contribution in [2.75, 3.05) is 13.7 Å². The molecule has 0 spiro atoms. The van der Waals surface area contributed by atoms with Crippen LogP contribution in [0.4, 0.5) is 0 Å². The van der Waals surface area contributed by atoms with E-state index in [4.69, 9.17) is 32.7 Å². The fourth-order valence-corrected chi connectivity index (χ4v) is 6.10. The van der Waals surface area contributed by atoms with Gasteiger partial charge in [-0.15, -0.1) is 0 Å². The second-order valence-electron chi connectivity index (χ2n) is 7.33. The number of hydrogen-bond donors (Lipinski definition) is 0. The average molecular weight is 582 g/mol. The van der Waals surface area contributed by atoms with Crippen molar-refractivity contribution < 1.29 is 14.3 Å². The van der Waals surface area contributed by atoms with E-state index in [9.17, 15) is 9.59 Å². The highest BCUT2D eigenvalue weighted by atomic mass is 79.9. The third kappa shape index (κ3) is 4.47. The number of aromatic nitrogens is 1. The number of halogens is 3. The summed E-state index contributed by atoms with van der Waals surface area (Å²) in [5.74, 6) is 0.00433. The molecule has 0 amide bonds. The first-order valence-corrected chi connectivity index (χ1v) is 12.6. The number of rotatable bonds is 5. The normalized spacial score (nSPS) is 15.7. The lowest BCUT2D eigenvalue weighted by Gasteiger charge is -2.25. The maximum absolute atomic E-state index is 13.7. The Kier molecular flexibility index (Phi) is 7.33. The summed E-state index contributed by atoms with van der Waals surface area (Å²) in [6.45, 7) is 3.65. The van der Waals surface area contributed by atoms with E-state index in [1.165, 1.54) is 15.9 Å². The number of thiazole rings is 1. The molecule has 34 heavy (non-hydrogen) atoms. The van der Waals surface area contributed by atoms with E-state index in [1.54, 1.807) is 57.4 Å². The smallest absolute Gasteiger partial charge is 0.338 e. The van der Waals surface area contributed by atoms with Crippen molar-refractivity contribution in [1.82, 2.24) is 4.57 Å². The molecule has 1 aliphatic rings. The highest BCUT2D eigenvalue weighted by Crippen LogP contribution is 2.35. The molecule has 176 valence electrons. The molecule has 1 aromatic heterocycles. The van der Waals surface area contributed by atoms with Gasteiger partial charge in [0.05, 0.1) is 34.0 Å². The minimum atomic E-state index is -0.779. The van der Waals surface area contributed by atoms with Crippen LogP contribution in [0.15, 0.2) is 61.9 Å². The predicted molar refractivity (Wildman–Crippen MR) is 138 cm³/mol. The van der Waals surface area contributed by atoms with Crippen molar-refractivity contribution in [1.29, 1.82) is 0 Å². The monoisotopic (exact) mass is 580 g/mol. The van der Waals surface area contributed by atoms with Gasteiger partial charge in [0, 0.05) is 15.6 Å². The molecule has 0 saturated carbocycles. The molecule has 2 aromatic carbocycles. The summed E-state index contributed by atoms with van der Waals surface area (Å²) in [6, 6.07) is 9.76. The Morgan fingerprint density at radius 3 is 2.71 bits per heavy atom. The third-order valence-corrected chi connectivity index (χ3v) is 7.38. The zero-order chi connectivity index (χ0) is 24.6. The number of ether oxygens (including phenoxy) is 2. The van der Waals surface area contributed by atoms with E-state index in [0.717, 1.165) is 0 Å². The topological polar surface area (TPSA) is 69.9 Å². The van der Waals surface area contributed by atoms with Gasteiger partial charge >= 0.3 is 5.97 Å². The lowest BCUT2D eigenvalue weighted by molar-refractivity contribution is -0.139. The van der Waals surface area contributed by atoms with Crippen LogP contribution in [-0.2, 0) is 9.53 Å². The molecule has 0 saturated heterocycles. The van der Waals surface area contributed by atoms with Gasteiger partial charge in [0.2, 0.25) is 0 Å². The van der Waals surface area contributed by atoms with Gasteiger partial charge in [0.15, 0.2) is 4.80 Å².